The third-order valence-electron chi connectivity index (χ3n) is 4.32. The number of carbonyl (C=O) groups is 1. The minimum absolute atomic E-state index is 0.215. The molecular weight excluding hydrogens is 338 g/mol. The van der Waals surface area contributed by atoms with E-state index in [0.717, 1.165) is 36.3 Å². The van der Waals surface area contributed by atoms with Crippen molar-refractivity contribution >= 4 is 17.4 Å². The number of hydrogen-bond donors (Lipinski definition) is 2. The van der Waals surface area contributed by atoms with E-state index >= 15 is 0 Å². The zero-order chi connectivity index (χ0) is 20.0. The van der Waals surface area contributed by atoms with Gasteiger partial charge in [-0.05, 0) is 58.0 Å². The van der Waals surface area contributed by atoms with E-state index in [4.69, 9.17) is 0 Å². The minimum Gasteiger partial charge on any atom is -0.370 e. The fourth-order valence-electron chi connectivity index (χ4n) is 2.91. The van der Waals surface area contributed by atoms with Crippen LogP contribution in [-0.4, -0.2) is 48.0 Å². The molecule has 0 bridgehead atoms. The smallest absolute Gasteiger partial charge is 0.274 e. The lowest BCUT2D eigenvalue weighted by Gasteiger charge is -2.16. The molecule has 6 nitrogen and oxygen atoms in total. The molecule has 1 amide bonds. The molecule has 0 unspecified atom stereocenters. The standard InChI is InChI=1S/C21H31N5O/c1-14(2)17-10-7-9-15(3)20(17)25-21(27)18-13-19(24-16(4)23-18)22-11-8-12-26(5)6/h7,9-10,13-14H,8,11-12H2,1-6H3,(H,25,27)(H,22,23,24). The van der Waals surface area contributed by atoms with E-state index in [2.05, 4.69) is 45.4 Å². The molecule has 1 aromatic heterocycles. The molecule has 2 aromatic rings. The van der Waals surface area contributed by atoms with Gasteiger partial charge in [0, 0.05) is 18.3 Å². The monoisotopic (exact) mass is 369 g/mol. The van der Waals surface area contributed by atoms with Gasteiger partial charge in [-0.3, -0.25) is 4.79 Å². The number of anilines is 2. The van der Waals surface area contributed by atoms with Crippen LogP contribution in [0.1, 0.15) is 53.6 Å². The van der Waals surface area contributed by atoms with Crippen molar-refractivity contribution in [2.24, 2.45) is 0 Å². The van der Waals surface area contributed by atoms with Gasteiger partial charge in [-0.2, -0.15) is 0 Å². The molecule has 2 N–H and O–H groups in total. The van der Waals surface area contributed by atoms with E-state index < -0.39 is 0 Å². The molecule has 0 saturated heterocycles. The molecule has 0 fully saturated rings. The van der Waals surface area contributed by atoms with E-state index in [1.54, 1.807) is 13.0 Å². The number of aromatic nitrogens is 2. The van der Waals surface area contributed by atoms with Crippen molar-refractivity contribution < 1.29 is 4.79 Å². The number of hydrogen-bond acceptors (Lipinski definition) is 5. The van der Waals surface area contributed by atoms with Gasteiger partial charge in [-0.1, -0.05) is 32.0 Å². The van der Waals surface area contributed by atoms with Gasteiger partial charge in [-0.15, -0.1) is 0 Å². The summed E-state index contributed by atoms with van der Waals surface area (Å²) in [5.41, 5.74) is 3.41. The van der Waals surface area contributed by atoms with Gasteiger partial charge in [0.2, 0.25) is 0 Å². The molecule has 0 saturated carbocycles. The Labute approximate surface area is 162 Å². The SMILES string of the molecule is Cc1nc(NCCCN(C)C)cc(C(=O)Nc2c(C)cccc2C(C)C)n1. The summed E-state index contributed by atoms with van der Waals surface area (Å²) in [4.78, 5) is 23.7. The van der Waals surface area contributed by atoms with Crippen molar-refractivity contribution in [1.29, 1.82) is 0 Å². The largest absolute Gasteiger partial charge is 0.370 e. The summed E-state index contributed by atoms with van der Waals surface area (Å²) in [6.45, 7) is 9.84. The maximum atomic E-state index is 12.8. The van der Waals surface area contributed by atoms with Crippen molar-refractivity contribution in [3.8, 4) is 0 Å². The Balaban J connectivity index is 2.15. The van der Waals surface area contributed by atoms with E-state index in [0.29, 0.717) is 23.3 Å². The molecular formula is C21H31N5O. The zero-order valence-corrected chi connectivity index (χ0v) is 17.3. The molecule has 0 aliphatic carbocycles. The van der Waals surface area contributed by atoms with Crippen LogP contribution in [0.15, 0.2) is 24.3 Å². The van der Waals surface area contributed by atoms with E-state index in [1.165, 1.54) is 0 Å². The topological polar surface area (TPSA) is 70.2 Å². The molecule has 0 aliphatic heterocycles. The highest BCUT2D eigenvalue weighted by molar-refractivity contribution is 6.04. The third kappa shape index (κ3) is 6.03. The number of aryl methyl sites for hydroxylation is 2. The van der Waals surface area contributed by atoms with Crippen LogP contribution in [0, 0.1) is 13.8 Å². The third-order valence-corrected chi connectivity index (χ3v) is 4.32. The molecule has 0 radical (unpaired) electrons. The lowest BCUT2D eigenvalue weighted by atomic mass is 9.98. The van der Waals surface area contributed by atoms with Crippen LogP contribution >= 0.6 is 0 Å². The average Bonchev–Trinajstić information content (AvgIpc) is 2.59. The van der Waals surface area contributed by atoms with Crippen LogP contribution in [0.5, 0.6) is 0 Å². The van der Waals surface area contributed by atoms with Crippen molar-refractivity contribution in [2.75, 3.05) is 37.8 Å². The van der Waals surface area contributed by atoms with Gasteiger partial charge in [-0.25, -0.2) is 9.97 Å². The van der Waals surface area contributed by atoms with E-state index in [-0.39, 0.29) is 5.91 Å². The fourth-order valence-corrected chi connectivity index (χ4v) is 2.91. The molecule has 0 atom stereocenters. The van der Waals surface area contributed by atoms with Crippen molar-refractivity contribution in [1.82, 2.24) is 14.9 Å². The summed E-state index contributed by atoms with van der Waals surface area (Å²) in [6.07, 6.45) is 0.999. The van der Waals surface area contributed by atoms with Crippen LogP contribution < -0.4 is 10.6 Å². The number of rotatable bonds is 8. The van der Waals surface area contributed by atoms with Crippen molar-refractivity contribution in [3.05, 3.63) is 46.9 Å². The average molecular weight is 370 g/mol. The van der Waals surface area contributed by atoms with Crippen molar-refractivity contribution in [3.63, 3.8) is 0 Å². The zero-order valence-electron chi connectivity index (χ0n) is 17.3. The highest BCUT2D eigenvalue weighted by Gasteiger charge is 2.15. The Morgan fingerprint density at radius 3 is 2.59 bits per heavy atom. The molecule has 1 aromatic carbocycles. The van der Waals surface area contributed by atoms with Crippen molar-refractivity contribution in [2.45, 2.75) is 40.0 Å². The van der Waals surface area contributed by atoms with Crippen LogP contribution in [0.25, 0.3) is 0 Å². The van der Waals surface area contributed by atoms with Gasteiger partial charge in [0.05, 0.1) is 0 Å². The second kappa shape index (κ2) is 9.46. The fraction of sp³-hybridized carbons (Fsp3) is 0.476. The molecule has 0 spiro atoms. The number of nitrogens with one attached hydrogen (secondary N) is 2. The normalized spacial score (nSPS) is 11.1. The Bertz CT molecular complexity index is 786. The van der Waals surface area contributed by atoms with Gasteiger partial charge >= 0.3 is 0 Å². The second-order valence-electron chi connectivity index (χ2n) is 7.42. The minimum atomic E-state index is -0.215. The number of para-hydroxylation sites is 1. The Morgan fingerprint density at radius 1 is 1.19 bits per heavy atom. The number of carbonyl (C=O) groups excluding carboxylic acids is 1. The van der Waals surface area contributed by atoms with Gasteiger partial charge < -0.3 is 15.5 Å². The molecule has 2 rings (SSSR count). The second-order valence-corrected chi connectivity index (χ2v) is 7.42. The molecule has 0 aliphatic rings. The molecule has 146 valence electrons. The summed E-state index contributed by atoms with van der Waals surface area (Å²) in [6, 6.07) is 7.79. The van der Waals surface area contributed by atoms with Crippen LogP contribution in [0.2, 0.25) is 0 Å². The lowest BCUT2D eigenvalue weighted by Crippen LogP contribution is -2.19. The first-order valence-corrected chi connectivity index (χ1v) is 9.43. The summed E-state index contributed by atoms with van der Waals surface area (Å²) >= 11 is 0. The molecule has 1 heterocycles. The molecule has 6 heteroatoms. The Hall–Kier alpha value is -2.47. The first kappa shape index (κ1) is 20.8. The maximum Gasteiger partial charge on any atom is 0.274 e. The van der Waals surface area contributed by atoms with Gasteiger partial charge in [0.15, 0.2) is 0 Å². The van der Waals surface area contributed by atoms with E-state index in [9.17, 15) is 4.79 Å². The summed E-state index contributed by atoms with van der Waals surface area (Å²) in [7, 11) is 4.10. The number of amides is 1. The highest BCUT2D eigenvalue weighted by atomic mass is 16.1. The molecule has 27 heavy (non-hydrogen) atoms. The van der Waals surface area contributed by atoms with Crippen LogP contribution in [-0.2, 0) is 0 Å². The maximum absolute atomic E-state index is 12.8. The first-order valence-electron chi connectivity index (χ1n) is 9.43. The lowest BCUT2D eigenvalue weighted by molar-refractivity contribution is 0.102. The van der Waals surface area contributed by atoms with Gasteiger partial charge in [0.25, 0.3) is 5.91 Å². The summed E-state index contributed by atoms with van der Waals surface area (Å²) in [5.74, 6) is 1.36. The van der Waals surface area contributed by atoms with E-state index in [1.807, 2.05) is 33.2 Å². The Morgan fingerprint density at radius 2 is 1.93 bits per heavy atom. The Kier molecular flexibility index (Phi) is 7.30. The summed E-state index contributed by atoms with van der Waals surface area (Å²) < 4.78 is 0. The summed E-state index contributed by atoms with van der Waals surface area (Å²) in [5, 5.41) is 6.33. The number of benzene rings is 1. The quantitative estimate of drug-likeness (QED) is 0.692. The first-order chi connectivity index (χ1) is 12.8. The highest BCUT2D eigenvalue weighted by Crippen LogP contribution is 2.27. The predicted molar refractivity (Wildman–Crippen MR) is 112 cm³/mol. The van der Waals surface area contributed by atoms with Crippen LogP contribution in [0.4, 0.5) is 11.5 Å². The van der Waals surface area contributed by atoms with Gasteiger partial charge in [0.1, 0.15) is 17.3 Å². The van der Waals surface area contributed by atoms with Crippen LogP contribution in [0.3, 0.4) is 0 Å². The predicted octanol–water partition coefficient (Wildman–Crippen LogP) is 3.83. The number of nitrogens with zero attached hydrogens (tertiary/aromatic N) is 3.